The van der Waals surface area contributed by atoms with Crippen molar-refractivity contribution in [1.29, 1.82) is 5.41 Å². The second kappa shape index (κ2) is 16.9. The average molecular weight is 118 g/mol. The van der Waals surface area contributed by atoms with Gasteiger partial charge in [-0.2, -0.15) is 0 Å². The summed E-state index contributed by atoms with van der Waals surface area (Å²) in [5.74, 6) is 0. The Bertz CT molecular complexity index is 23.7. The molecule has 0 aliphatic heterocycles. The molecule has 2 nitrogen and oxygen atoms in total. The molecule has 0 saturated carbocycles. The quantitative estimate of drug-likeness (QED) is 0.388. The fourth-order valence-corrected chi connectivity index (χ4v) is 0.750. The lowest BCUT2D eigenvalue weighted by molar-refractivity contribution is 1.01. The van der Waals surface area contributed by atoms with Crippen LogP contribution < -0.4 is 4.98 Å². The number of nitrogens with one attached hydrogen (secondary N) is 2. The topological polar surface area (TPSA) is 35.9 Å². The zero-order chi connectivity index (χ0) is 6.12. The van der Waals surface area contributed by atoms with Gasteiger partial charge in [0, 0.05) is 0 Å². The van der Waals surface area contributed by atoms with Crippen molar-refractivity contribution in [3.05, 3.63) is 0 Å². The van der Waals surface area contributed by atoms with Gasteiger partial charge < -0.3 is 10.4 Å². The monoisotopic (exact) mass is 118 g/mol. The third-order valence-electron chi connectivity index (χ3n) is 0.500. The maximum Gasteiger partial charge on any atom is 0.0885 e. The van der Waals surface area contributed by atoms with E-state index in [0.29, 0.717) is 0 Å². The molecule has 0 aliphatic carbocycles. The van der Waals surface area contributed by atoms with Gasteiger partial charge in [-0.05, 0) is 13.3 Å². The predicted octanol–water partition coefficient (Wildman–Crippen LogP) is -0.00643. The van der Waals surface area contributed by atoms with Gasteiger partial charge in [-0.1, -0.05) is 13.5 Å². The average Bonchev–Trinajstić information content (AvgIpc) is 1.75. The standard InChI is InChI=1S/C3H11NSi.CH3N/c1-3-4-5-2;1-2/h4H,3,5H2,1-2H3;2H,1H2. The van der Waals surface area contributed by atoms with E-state index in [0.717, 1.165) is 6.54 Å². The van der Waals surface area contributed by atoms with Crippen molar-refractivity contribution >= 4 is 16.4 Å². The molecule has 0 unspecified atom stereocenters. The summed E-state index contributed by atoms with van der Waals surface area (Å²) in [7, 11) is 0.164. The smallest absolute Gasteiger partial charge is 0.0885 e. The summed E-state index contributed by atoms with van der Waals surface area (Å²) < 4.78 is 0. The number of hydrogen-bond donors (Lipinski definition) is 2. The number of hydrogen-bond acceptors (Lipinski definition) is 2. The largest absolute Gasteiger partial charge is 0.343 e. The summed E-state index contributed by atoms with van der Waals surface area (Å²) in [5, 5.41) is 5.50. The Balaban J connectivity index is 0. The van der Waals surface area contributed by atoms with Gasteiger partial charge in [-0.3, -0.25) is 0 Å². The SMILES string of the molecule is C=N.CCN[SiH2]C. The summed E-state index contributed by atoms with van der Waals surface area (Å²) in [6, 6.07) is 0. The van der Waals surface area contributed by atoms with Gasteiger partial charge in [-0.25, -0.2) is 0 Å². The minimum atomic E-state index is 0.164. The molecule has 3 heteroatoms. The Hall–Kier alpha value is -0.153. The van der Waals surface area contributed by atoms with Gasteiger partial charge in [0.05, 0.1) is 9.68 Å². The van der Waals surface area contributed by atoms with Gasteiger partial charge in [0.2, 0.25) is 0 Å². The maximum atomic E-state index is 5.50. The number of rotatable bonds is 2. The first-order chi connectivity index (χ1) is 3.41. The zero-order valence-electron chi connectivity index (χ0n) is 5.12. The van der Waals surface area contributed by atoms with Gasteiger partial charge in [0.1, 0.15) is 0 Å². The first-order valence-electron chi connectivity index (χ1n) is 2.47. The fraction of sp³-hybridized carbons (Fsp3) is 0.750. The van der Waals surface area contributed by atoms with E-state index in [4.69, 9.17) is 5.41 Å². The van der Waals surface area contributed by atoms with Crippen LogP contribution in [0.3, 0.4) is 0 Å². The molecule has 0 rings (SSSR count). The van der Waals surface area contributed by atoms with Crippen LogP contribution in [0.25, 0.3) is 0 Å². The van der Waals surface area contributed by atoms with E-state index < -0.39 is 0 Å². The zero-order valence-corrected chi connectivity index (χ0v) is 6.54. The highest BCUT2D eigenvalue weighted by Crippen LogP contribution is 1.44. The van der Waals surface area contributed by atoms with Crippen molar-refractivity contribution in [2.75, 3.05) is 6.54 Å². The Morgan fingerprint density at radius 3 is 2.14 bits per heavy atom. The Morgan fingerprint density at radius 2 is 2.14 bits per heavy atom. The van der Waals surface area contributed by atoms with Crippen LogP contribution in [0.15, 0.2) is 0 Å². The van der Waals surface area contributed by atoms with Gasteiger partial charge in [-0.15, -0.1) is 0 Å². The van der Waals surface area contributed by atoms with Crippen molar-refractivity contribution < 1.29 is 0 Å². The van der Waals surface area contributed by atoms with E-state index in [1.165, 1.54) is 0 Å². The summed E-state index contributed by atoms with van der Waals surface area (Å²) in [6.45, 7) is 8.03. The highest BCUT2D eigenvalue weighted by atomic mass is 28.2. The first kappa shape index (κ1) is 9.96. The maximum absolute atomic E-state index is 5.50. The second-order valence-electron chi connectivity index (χ2n) is 0.957. The van der Waals surface area contributed by atoms with Crippen molar-refractivity contribution in [3.63, 3.8) is 0 Å². The van der Waals surface area contributed by atoms with E-state index in [1.807, 2.05) is 0 Å². The molecule has 0 aromatic rings. The summed E-state index contributed by atoms with van der Waals surface area (Å²) in [4.78, 5) is 3.25. The van der Waals surface area contributed by atoms with Crippen molar-refractivity contribution in [3.8, 4) is 0 Å². The van der Waals surface area contributed by atoms with Crippen LogP contribution in [0.2, 0.25) is 6.55 Å². The highest BCUT2D eigenvalue weighted by Gasteiger charge is 1.64. The van der Waals surface area contributed by atoms with E-state index in [9.17, 15) is 0 Å². The van der Waals surface area contributed by atoms with Crippen LogP contribution in [0, 0.1) is 5.41 Å². The van der Waals surface area contributed by atoms with Crippen LogP contribution >= 0.6 is 0 Å². The molecule has 0 aromatic heterocycles. The lowest BCUT2D eigenvalue weighted by Gasteiger charge is -1.85. The molecule has 0 amide bonds. The summed E-state index contributed by atoms with van der Waals surface area (Å²) in [5.41, 5.74) is 0. The molecule has 0 bridgehead atoms. The third-order valence-corrected chi connectivity index (χ3v) is 1.50. The molecule has 44 valence electrons. The van der Waals surface area contributed by atoms with Crippen molar-refractivity contribution in [1.82, 2.24) is 4.98 Å². The van der Waals surface area contributed by atoms with Gasteiger partial charge in [0.15, 0.2) is 0 Å². The molecule has 0 aliphatic rings. The van der Waals surface area contributed by atoms with E-state index in [1.54, 1.807) is 0 Å². The van der Waals surface area contributed by atoms with Crippen LogP contribution in [0.1, 0.15) is 6.92 Å². The molecule has 0 atom stereocenters. The van der Waals surface area contributed by atoms with E-state index >= 15 is 0 Å². The molecular formula is C4H14N2Si. The third kappa shape index (κ3) is 25.4. The van der Waals surface area contributed by atoms with E-state index in [2.05, 4.69) is 25.2 Å². The molecular weight excluding hydrogens is 104 g/mol. The van der Waals surface area contributed by atoms with Crippen LogP contribution in [0.5, 0.6) is 0 Å². The van der Waals surface area contributed by atoms with Gasteiger partial charge in [0.25, 0.3) is 0 Å². The minimum Gasteiger partial charge on any atom is -0.343 e. The molecule has 0 spiro atoms. The Morgan fingerprint density at radius 1 is 1.71 bits per heavy atom. The Labute approximate surface area is 47.7 Å². The van der Waals surface area contributed by atoms with Crippen molar-refractivity contribution in [2.24, 2.45) is 0 Å². The minimum absolute atomic E-state index is 0.164. The molecule has 2 N–H and O–H groups in total. The van der Waals surface area contributed by atoms with Crippen LogP contribution in [0.4, 0.5) is 0 Å². The molecule has 0 heterocycles. The normalized spacial score (nSPS) is 8.29. The summed E-state index contributed by atoms with van der Waals surface area (Å²) in [6.07, 6.45) is 0. The molecule has 0 saturated heterocycles. The molecule has 7 heavy (non-hydrogen) atoms. The van der Waals surface area contributed by atoms with Gasteiger partial charge >= 0.3 is 0 Å². The first-order valence-corrected chi connectivity index (χ1v) is 4.60. The van der Waals surface area contributed by atoms with Crippen LogP contribution in [-0.2, 0) is 0 Å². The fourth-order valence-electron chi connectivity index (χ4n) is 0.250. The lowest BCUT2D eigenvalue weighted by atomic mass is 10.8. The highest BCUT2D eigenvalue weighted by molar-refractivity contribution is 6.29. The lowest BCUT2D eigenvalue weighted by Crippen LogP contribution is -2.13. The summed E-state index contributed by atoms with van der Waals surface area (Å²) >= 11 is 0. The Kier molecular flexibility index (Phi) is 24.1. The van der Waals surface area contributed by atoms with Crippen LogP contribution in [-0.4, -0.2) is 22.9 Å². The molecule has 0 radical (unpaired) electrons. The second-order valence-corrected chi connectivity index (χ2v) is 2.16. The molecule has 0 fully saturated rings. The van der Waals surface area contributed by atoms with Crippen molar-refractivity contribution in [2.45, 2.75) is 13.5 Å². The predicted molar refractivity (Wildman–Crippen MR) is 37.9 cm³/mol. The molecule has 0 aromatic carbocycles. The van der Waals surface area contributed by atoms with E-state index in [-0.39, 0.29) is 9.68 Å².